The molecule has 8 rings (SSSR count). The van der Waals surface area contributed by atoms with E-state index in [0.717, 1.165) is 90.8 Å². The Morgan fingerprint density at radius 3 is 0.870 bits per heavy atom. The third-order valence-corrected chi connectivity index (χ3v) is 10.9. The monoisotopic (exact) mass is 706 g/mol. The maximum absolute atomic E-state index is 6.69. The van der Waals surface area contributed by atoms with Crippen molar-refractivity contribution in [2.24, 2.45) is 0 Å². The maximum Gasteiger partial charge on any atom is 0.142 e. The second-order valence-corrected chi connectivity index (χ2v) is 14.8. The van der Waals surface area contributed by atoms with Crippen LogP contribution >= 0.6 is 0 Å². The number of hydrogen-bond acceptors (Lipinski definition) is 2. The van der Waals surface area contributed by atoms with Gasteiger partial charge in [0.15, 0.2) is 0 Å². The average Bonchev–Trinajstić information content (AvgIpc) is 3.82. The Morgan fingerprint density at radius 2 is 0.574 bits per heavy atom. The van der Waals surface area contributed by atoms with E-state index in [9.17, 15) is 0 Å². The van der Waals surface area contributed by atoms with E-state index in [1.54, 1.807) is 0 Å². The summed E-state index contributed by atoms with van der Waals surface area (Å²) in [5.74, 6) is 3.68. The summed E-state index contributed by atoms with van der Waals surface area (Å²) >= 11 is 0. The van der Waals surface area contributed by atoms with Gasteiger partial charge in [0.1, 0.15) is 23.0 Å². The van der Waals surface area contributed by atoms with Gasteiger partial charge < -0.3 is 8.83 Å². The molecule has 0 aliphatic rings. The van der Waals surface area contributed by atoms with Crippen molar-refractivity contribution in [1.82, 2.24) is 0 Å². The van der Waals surface area contributed by atoms with Gasteiger partial charge in [0.05, 0.1) is 0 Å². The van der Waals surface area contributed by atoms with Crippen molar-refractivity contribution in [2.75, 3.05) is 0 Å². The van der Waals surface area contributed by atoms with Gasteiger partial charge in [-0.05, 0) is 47.9 Å². The molecule has 2 heteroatoms. The van der Waals surface area contributed by atoms with Crippen LogP contribution in [0.3, 0.4) is 0 Å². The van der Waals surface area contributed by atoms with Gasteiger partial charge in [-0.3, -0.25) is 0 Å². The molecule has 0 N–H and O–H groups in total. The zero-order chi connectivity index (χ0) is 36.7. The molecular weight excluding hydrogens is 657 g/mol. The lowest BCUT2D eigenvalue weighted by Gasteiger charge is -2.06. The van der Waals surface area contributed by atoms with Crippen molar-refractivity contribution < 1.29 is 8.83 Å². The van der Waals surface area contributed by atoms with Crippen molar-refractivity contribution in [2.45, 2.75) is 78.1 Å². The molecule has 0 fully saturated rings. The minimum absolute atomic E-state index is 0.910. The van der Waals surface area contributed by atoms with Crippen LogP contribution in [0.25, 0.3) is 78.0 Å². The predicted molar refractivity (Wildman–Crippen MR) is 229 cm³/mol. The van der Waals surface area contributed by atoms with E-state index in [1.165, 1.54) is 62.5 Å². The molecule has 0 saturated carbocycles. The molecule has 270 valence electrons. The van der Waals surface area contributed by atoms with Gasteiger partial charge in [-0.1, -0.05) is 198 Å². The van der Waals surface area contributed by atoms with Gasteiger partial charge in [0.25, 0.3) is 0 Å². The third kappa shape index (κ3) is 7.57. The highest BCUT2D eigenvalue weighted by atomic mass is 16.3. The van der Waals surface area contributed by atoms with E-state index in [2.05, 4.69) is 159 Å². The van der Waals surface area contributed by atoms with Gasteiger partial charge in [0, 0.05) is 43.8 Å². The molecule has 0 atom stereocenters. The molecule has 0 aliphatic carbocycles. The van der Waals surface area contributed by atoms with Crippen LogP contribution in [-0.4, -0.2) is 0 Å². The van der Waals surface area contributed by atoms with E-state index >= 15 is 0 Å². The molecule has 0 unspecified atom stereocenters. The van der Waals surface area contributed by atoms with Crippen LogP contribution in [0, 0.1) is 0 Å². The number of rotatable bonds is 15. The van der Waals surface area contributed by atoms with Crippen LogP contribution in [0.15, 0.2) is 154 Å². The Kier molecular flexibility index (Phi) is 10.9. The molecule has 0 amide bonds. The fraction of sp³-hybridized carbons (Fsp3) is 0.231. The molecular formula is C52H50O2. The Hall–Kier alpha value is -5.60. The van der Waals surface area contributed by atoms with Gasteiger partial charge in [-0.2, -0.15) is 0 Å². The minimum atomic E-state index is 0.910. The molecule has 0 saturated heterocycles. The Balaban J connectivity index is 1.01. The molecule has 2 aromatic heterocycles. The van der Waals surface area contributed by atoms with E-state index in [0.29, 0.717) is 0 Å². The lowest BCUT2D eigenvalue weighted by atomic mass is 9.99. The molecule has 6 aromatic carbocycles. The quantitative estimate of drug-likeness (QED) is 0.0992. The number of furan rings is 2. The minimum Gasteiger partial charge on any atom is -0.455 e. The van der Waals surface area contributed by atoms with Crippen molar-refractivity contribution >= 4 is 21.5 Å². The Labute approximate surface area is 320 Å². The first-order valence-electron chi connectivity index (χ1n) is 20.1. The zero-order valence-corrected chi connectivity index (χ0v) is 31.7. The summed E-state index contributed by atoms with van der Waals surface area (Å²) in [6.45, 7) is 4.52. The molecule has 2 nitrogen and oxygen atoms in total. The first kappa shape index (κ1) is 35.4. The van der Waals surface area contributed by atoms with E-state index < -0.39 is 0 Å². The van der Waals surface area contributed by atoms with Gasteiger partial charge in [0.2, 0.25) is 0 Å². The highest BCUT2D eigenvalue weighted by Gasteiger charge is 2.18. The standard InChI is InChI=1S/C52H50O2/c1-3-5-7-9-15-37-21-25-41(26-22-37)49-45-17-11-13-19-47(45)51(53-49)43-33-29-39(30-34-43)40-31-35-44(36-32-40)52-48-20-14-12-18-46(48)50(54-52)42-27-23-38(24-28-42)16-10-8-6-4-2/h11-14,17-36H,3-10,15-16H2,1-2H3. The summed E-state index contributed by atoms with van der Waals surface area (Å²) in [4.78, 5) is 0. The second-order valence-electron chi connectivity index (χ2n) is 14.8. The first-order valence-corrected chi connectivity index (χ1v) is 20.1. The first-order chi connectivity index (χ1) is 26.7. The van der Waals surface area contributed by atoms with Crippen LogP contribution in [0.1, 0.15) is 76.3 Å². The van der Waals surface area contributed by atoms with Crippen LogP contribution < -0.4 is 0 Å². The summed E-state index contributed by atoms with van der Waals surface area (Å²) in [7, 11) is 0. The normalized spacial score (nSPS) is 11.5. The number of aryl methyl sites for hydroxylation is 2. The molecule has 0 bridgehead atoms. The molecule has 54 heavy (non-hydrogen) atoms. The summed E-state index contributed by atoms with van der Waals surface area (Å²) in [5, 5.41) is 4.56. The number of unbranched alkanes of at least 4 members (excludes halogenated alkanes) is 6. The summed E-state index contributed by atoms with van der Waals surface area (Å²) in [5.41, 5.74) is 9.50. The third-order valence-electron chi connectivity index (χ3n) is 10.9. The van der Waals surface area contributed by atoms with Gasteiger partial charge >= 0.3 is 0 Å². The molecule has 0 radical (unpaired) electrons. The van der Waals surface area contributed by atoms with E-state index in [1.807, 2.05) is 0 Å². The van der Waals surface area contributed by atoms with Crippen LogP contribution in [0.2, 0.25) is 0 Å². The van der Waals surface area contributed by atoms with Crippen molar-refractivity contribution in [3.63, 3.8) is 0 Å². The number of fused-ring (bicyclic) bond motifs is 2. The highest BCUT2D eigenvalue weighted by Crippen LogP contribution is 2.41. The van der Waals surface area contributed by atoms with Crippen molar-refractivity contribution in [3.8, 4) is 56.4 Å². The van der Waals surface area contributed by atoms with Gasteiger partial charge in [-0.15, -0.1) is 0 Å². The van der Waals surface area contributed by atoms with Crippen LogP contribution in [0.4, 0.5) is 0 Å². The number of hydrogen-bond donors (Lipinski definition) is 0. The lowest BCUT2D eigenvalue weighted by molar-refractivity contribution is 0.601. The van der Waals surface area contributed by atoms with Gasteiger partial charge in [-0.25, -0.2) is 0 Å². The topological polar surface area (TPSA) is 26.3 Å². The zero-order valence-electron chi connectivity index (χ0n) is 31.7. The summed E-state index contributed by atoms with van der Waals surface area (Å²) in [6.07, 6.45) is 12.5. The molecule has 2 heterocycles. The second kappa shape index (κ2) is 16.6. The predicted octanol–water partition coefficient (Wildman–Crippen LogP) is 15.8. The average molecular weight is 707 g/mol. The van der Waals surface area contributed by atoms with E-state index in [-0.39, 0.29) is 0 Å². The fourth-order valence-corrected chi connectivity index (χ4v) is 7.83. The largest absolute Gasteiger partial charge is 0.455 e. The maximum atomic E-state index is 6.69. The molecule has 0 spiro atoms. The lowest BCUT2D eigenvalue weighted by Crippen LogP contribution is -1.86. The van der Waals surface area contributed by atoms with Crippen LogP contribution in [0.5, 0.6) is 0 Å². The van der Waals surface area contributed by atoms with Crippen molar-refractivity contribution in [3.05, 3.63) is 157 Å². The summed E-state index contributed by atoms with van der Waals surface area (Å²) < 4.78 is 13.4. The Bertz CT molecular complexity index is 2250. The SMILES string of the molecule is CCCCCCc1ccc(-c2oc(-c3ccc(-c4ccc(-c5oc(-c6ccc(CCCCCC)cc6)c6ccccc56)cc4)cc3)c3ccccc23)cc1. The number of benzene rings is 6. The summed E-state index contributed by atoms with van der Waals surface area (Å²) in [6, 6.07) is 52.5. The van der Waals surface area contributed by atoms with Crippen LogP contribution in [-0.2, 0) is 12.8 Å². The molecule has 8 aromatic rings. The Morgan fingerprint density at radius 1 is 0.296 bits per heavy atom. The van der Waals surface area contributed by atoms with Crippen molar-refractivity contribution in [1.29, 1.82) is 0 Å². The fourth-order valence-electron chi connectivity index (χ4n) is 7.83. The highest BCUT2D eigenvalue weighted by molar-refractivity contribution is 6.04. The molecule has 0 aliphatic heterocycles. The van der Waals surface area contributed by atoms with E-state index in [4.69, 9.17) is 8.83 Å². The smallest absolute Gasteiger partial charge is 0.142 e.